The van der Waals surface area contributed by atoms with Crippen molar-refractivity contribution in [3.63, 3.8) is 0 Å². The van der Waals surface area contributed by atoms with E-state index < -0.39 is 10.0 Å². The molecule has 0 bridgehead atoms. The van der Waals surface area contributed by atoms with Crippen LogP contribution in [0.25, 0.3) is 0 Å². The van der Waals surface area contributed by atoms with Gasteiger partial charge >= 0.3 is 0 Å². The predicted molar refractivity (Wildman–Crippen MR) is 86.4 cm³/mol. The smallest absolute Gasteiger partial charge is 0.242 e. The summed E-state index contributed by atoms with van der Waals surface area (Å²) in [5.74, 6) is 0. The Labute approximate surface area is 136 Å². The molecule has 0 spiro atoms. The van der Waals surface area contributed by atoms with Gasteiger partial charge in [-0.25, -0.2) is 13.1 Å². The van der Waals surface area contributed by atoms with Crippen LogP contribution in [-0.2, 0) is 16.6 Å². The maximum Gasteiger partial charge on any atom is 0.242 e. The monoisotopic (exact) mass is 350 g/mol. The Morgan fingerprint density at radius 1 is 1.29 bits per heavy atom. The molecule has 2 N–H and O–H groups in total. The summed E-state index contributed by atoms with van der Waals surface area (Å²) >= 11 is 12.4. The Morgan fingerprint density at radius 2 is 2.00 bits per heavy atom. The number of benzene rings is 1. The van der Waals surface area contributed by atoms with Gasteiger partial charge in [-0.1, -0.05) is 36.5 Å². The molecule has 1 aromatic rings. The highest BCUT2D eigenvalue weighted by Gasteiger charge is 2.24. The lowest BCUT2D eigenvalue weighted by molar-refractivity contribution is 0.578. The fourth-order valence-electron chi connectivity index (χ4n) is 1.94. The molecule has 1 aliphatic rings. The summed E-state index contributed by atoms with van der Waals surface area (Å²) in [5, 5.41) is 4.00. The molecule has 2 rings (SSSR count). The molecule has 1 saturated carbocycles. The van der Waals surface area contributed by atoms with Gasteiger partial charge in [-0.3, -0.25) is 0 Å². The Balaban J connectivity index is 2.20. The van der Waals surface area contributed by atoms with Crippen LogP contribution in [-0.4, -0.2) is 21.0 Å². The molecule has 0 aliphatic heterocycles. The van der Waals surface area contributed by atoms with Crippen molar-refractivity contribution in [1.82, 2.24) is 10.0 Å². The molecule has 4 nitrogen and oxygen atoms in total. The second-order valence-electron chi connectivity index (χ2n) is 5.24. The summed E-state index contributed by atoms with van der Waals surface area (Å²) in [6, 6.07) is 3.55. The van der Waals surface area contributed by atoms with Crippen molar-refractivity contribution in [2.24, 2.45) is 0 Å². The lowest BCUT2D eigenvalue weighted by atomic mass is 10.2. The van der Waals surface area contributed by atoms with Gasteiger partial charge in [0, 0.05) is 29.7 Å². The molecule has 0 atom stereocenters. The number of rotatable bonds is 8. The number of unbranched alkanes of at least 4 members (excludes halogenated alkanes) is 1. The highest BCUT2D eigenvalue weighted by Crippen LogP contribution is 2.32. The second kappa shape index (κ2) is 7.29. The predicted octanol–water partition coefficient (Wildman–Crippen LogP) is 3.32. The molecule has 7 heteroatoms. The fourth-order valence-corrected chi connectivity index (χ4v) is 3.92. The van der Waals surface area contributed by atoms with Gasteiger partial charge in [-0.2, -0.15) is 0 Å². The SMILES string of the molecule is CCCCNS(=O)(=O)c1ccc(Cl)c(CNC2CC2)c1Cl. The van der Waals surface area contributed by atoms with Crippen LogP contribution in [0.3, 0.4) is 0 Å². The van der Waals surface area contributed by atoms with E-state index in [4.69, 9.17) is 23.2 Å². The van der Waals surface area contributed by atoms with Crippen LogP contribution < -0.4 is 10.0 Å². The van der Waals surface area contributed by atoms with Crippen LogP contribution in [0, 0.1) is 0 Å². The quantitative estimate of drug-likeness (QED) is 0.707. The maximum absolute atomic E-state index is 12.3. The first kappa shape index (κ1) is 17.0. The Morgan fingerprint density at radius 3 is 2.62 bits per heavy atom. The minimum Gasteiger partial charge on any atom is -0.310 e. The van der Waals surface area contributed by atoms with E-state index >= 15 is 0 Å². The first-order valence-electron chi connectivity index (χ1n) is 7.15. The normalized spacial score (nSPS) is 15.4. The molecule has 1 aliphatic carbocycles. The van der Waals surface area contributed by atoms with Crippen LogP contribution in [0.1, 0.15) is 38.2 Å². The van der Waals surface area contributed by atoms with E-state index in [0.29, 0.717) is 29.7 Å². The zero-order valence-electron chi connectivity index (χ0n) is 12.0. The van der Waals surface area contributed by atoms with Crippen LogP contribution in [0.4, 0.5) is 0 Å². The summed E-state index contributed by atoms with van der Waals surface area (Å²) in [6.45, 7) is 2.90. The second-order valence-corrected chi connectivity index (χ2v) is 7.77. The molecule has 0 amide bonds. The van der Waals surface area contributed by atoms with Crippen LogP contribution >= 0.6 is 23.2 Å². The zero-order valence-corrected chi connectivity index (χ0v) is 14.3. The minimum atomic E-state index is -3.59. The van der Waals surface area contributed by atoms with Gasteiger partial charge in [-0.05, 0) is 31.4 Å². The van der Waals surface area contributed by atoms with Gasteiger partial charge < -0.3 is 5.32 Å². The van der Waals surface area contributed by atoms with E-state index in [1.54, 1.807) is 6.07 Å². The van der Waals surface area contributed by atoms with Gasteiger partial charge in [0.1, 0.15) is 4.90 Å². The van der Waals surface area contributed by atoms with Gasteiger partial charge in [0.05, 0.1) is 5.02 Å². The van der Waals surface area contributed by atoms with Crippen molar-refractivity contribution in [3.8, 4) is 0 Å². The molecule has 0 aromatic heterocycles. The number of nitrogens with one attached hydrogen (secondary N) is 2. The van der Waals surface area contributed by atoms with E-state index in [9.17, 15) is 8.42 Å². The molecule has 1 fully saturated rings. The molecule has 0 heterocycles. The fraction of sp³-hybridized carbons (Fsp3) is 0.571. The highest BCUT2D eigenvalue weighted by molar-refractivity contribution is 7.89. The number of hydrogen-bond acceptors (Lipinski definition) is 3. The topological polar surface area (TPSA) is 58.2 Å². The lowest BCUT2D eigenvalue weighted by Crippen LogP contribution is -2.25. The largest absolute Gasteiger partial charge is 0.310 e. The van der Waals surface area contributed by atoms with Crippen molar-refractivity contribution >= 4 is 33.2 Å². The van der Waals surface area contributed by atoms with Crippen molar-refractivity contribution in [3.05, 3.63) is 27.7 Å². The van der Waals surface area contributed by atoms with E-state index in [-0.39, 0.29) is 9.92 Å². The van der Waals surface area contributed by atoms with Crippen molar-refractivity contribution in [1.29, 1.82) is 0 Å². The first-order chi connectivity index (χ1) is 9.95. The lowest BCUT2D eigenvalue weighted by Gasteiger charge is -2.13. The van der Waals surface area contributed by atoms with Crippen molar-refractivity contribution < 1.29 is 8.42 Å². The van der Waals surface area contributed by atoms with E-state index in [1.165, 1.54) is 6.07 Å². The number of sulfonamides is 1. The number of halogens is 2. The average Bonchev–Trinajstić information content (AvgIpc) is 3.22. The molecule has 1 aromatic carbocycles. The molecular formula is C14H20Cl2N2O2S. The van der Waals surface area contributed by atoms with Gasteiger partial charge in [0.2, 0.25) is 10.0 Å². The highest BCUT2D eigenvalue weighted by atomic mass is 35.5. The summed E-state index contributed by atoms with van der Waals surface area (Å²) in [6.07, 6.45) is 4.01. The molecule has 21 heavy (non-hydrogen) atoms. The Bertz CT molecular complexity index is 601. The van der Waals surface area contributed by atoms with Crippen LogP contribution in [0.2, 0.25) is 10.0 Å². The first-order valence-corrected chi connectivity index (χ1v) is 9.39. The summed E-state index contributed by atoms with van der Waals surface area (Å²) in [5.41, 5.74) is 0.642. The summed E-state index contributed by atoms with van der Waals surface area (Å²) in [7, 11) is -3.59. The van der Waals surface area contributed by atoms with Gasteiger partial charge in [-0.15, -0.1) is 0 Å². The van der Waals surface area contributed by atoms with Gasteiger partial charge in [0.25, 0.3) is 0 Å². The average molecular weight is 351 g/mol. The third-order valence-electron chi connectivity index (χ3n) is 3.41. The molecule has 0 unspecified atom stereocenters. The van der Waals surface area contributed by atoms with E-state index in [0.717, 1.165) is 25.7 Å². The third kappa shape index (κ3) is 4.57. The van der Waals surface area contributed by atoms with E-state index in [1.807, 2.05) is 6.92 Å². The Hall–Kier alpha value is -0.330. The summed E-state index contributed by atoms with van der Waals surface area (Å²) < 4.78 is 27.1. The molecule has 0 radical (unpaired) electrons. The third-order valence-corrected chi connectivity index (χ3v) is 5.81. The molecular weight excluding hydrogens is 331 g/mol. The van der Waals surface area contributed by atoms with E-state index in [2.05, 4.69) is 10.0 Å². The summed E-state index contributed by atoms with van der Waals surface area (Å²) in [4.78, 5) is 0.0947. The van der Waals surface area contributed by atoms with Crippen LogP contribution in [0.15, 0.2) is 17.0 Å². The van der Waals surface area contributed by atoms with Gasteiger partial charge in [0.15, 0.2) is 0 Å². The zero-order chi connectivity index (χ0) is 15.5. The molecule has 0 saturated heterocycles. The van der Waals surface area contributed by atoms with Crippen molar-refractivity contribution in [2.45, 2.75) is 50.1 Å². The standard InChI is InChI=1S/C14H20Cl2N2O2S/c1-2-3-8-18-21(19,20)13-7-6-12(15)11(14(13)16)9-17-10-4-5-10/h6-7,10,17-18H,2-5,8-9H2,1H3. The van der Waals surface area contributed by atoms with Crippen molar-refractivity contribution in [2.75, 3.05) is 6.54 Å². The molecule has 118 valence electrons. The Kier molecular flexibility index (Phi) is 5.91. The van der Waals surface area contributed by atoms with Crippen LogP contribution in [0.5, 0.6) is 0 Å². The maximum atomic E-state index is 12.3. The number of hydrogen-bond donors (Lipinski definition) is 2. The minimum absolute atomic E-state index is 0.0947.